The van der Waals surface area contributed by atoms with Gasteiger partial charge in [0.05, 0.1) is 18.8 Å². The monoisotopic (exact) mass is 258 g/mol. The molecule has 2 aromatic rings. The normalized spacial score (nSPS) is 12.1. The van der Waals surface area contributed by atoms with Crippen LogP contribution >= 0.6 is 0 Å². The fourth-order valence-corrected chi connectivity index (χ4v) is 1.93. The fraction of sp³-hybridized carbons (Fsp3) is 0.286. The van der Waals surface area contributed by atoms with Crippen molar-refractivity contribution in [1.29, 1.82) is 0 Å². The van der Waals surface area contributed by atoms with E-state index in [1.54, 1.807) is 13.2 Å². The van der Waals surface area contributed by atoms with Gasteiger partial charge in [0.1, 0.15) is 6.33 Å². The van der Waals surface area contributed by atoms with Crippen LogP contribution in [0.3, 0.4) is 0 Å². The number of nitrogens with two attached hydrogens (primary N) is 1. The molecule has 19 heavy (non-hydrogen) atoms. The van der Waals surface area contributed by atoms with Gasteiger partial charge in [-0.2, -0.15) is 0 Å². The molecule has 0 fully saturated rings. The summed E-state index contributed by atoms with van der Waals surface area (Å²) in [7, 11) is 1.58. The lowest BCUT2D eigenvalue weighted by Crippen LogP contribution is -2.29. The van der Waals surface area contributed by atoms with Crippen LogP contribution in [0.5, 0.6) is 5.88 Å². The molecular formula is C14H18N4O. The number of nitrogens with one attached hydrogen (secondary N) is 1. The lowest BCUT2D eigenvalue weighted by molar-refractivity contribution is 0.393. The minimum Gasteiger partial charge on any atom is -0.481 e. The number of rotatable bonds is 6. The van der Waals surface area contributed by atoms with Gasteiger partial charge >= 0.3 is 0 Å². The molecule has 0 saturated carbocycles. The number of methoxy groups -OCH3 is 1. The van der Waals surface area contributed by atoms with E-state index >= 15 is 0 Å². The Kier molecular flexibility index (Phi) is 4.83. The highest BCUT2D eigenvalue weighted by Gasteiger charge is 2.12. The Morgan fingerprint density at radius 2 is 2.05 bits per heavy atom. The highest BCUT2D eigenvalue weighted by molar-refractivity contribution is 5.18. The van der Waals surface area contributed by atoms with Crippen LogP contribution in [0.25, 0.3) is 0 Å². The third-order valence-electron chi connectivity index (χ3n) is 2.99. The van der Waals surface area contributed by atoms with Crippen molar-refractivity contribution in [3.8, 4) is 5.88 Å². The average molecular weight is 258 g/mol. The van der Waals surface area contributed by atoms with Crippen LogP contribution in [-0.2, 0) is 6.42 Å². The highest BCUT2D eigenvalue weighted by atomic mass is 16.5. The fourth-order valence-electron chi connectivity index (χ4n) is 1.93. The van der Waals surface area contributed by atoms with Crippen LogP contribution in [-0.4, -0.2) is 17.1 Å². The summed E-state index contributed by atoms with van der Waals surface area (Å²) in [5, 5.41) is 0. The summed E-state index contributed by atoms with van der Waals surface area (Å²) < 4.78 is 5.09. The van der Waals surface area contributed by atoms with E-state index < -0.39 is 0 Å². The number of aromatic nitrogens is 2. The van der Waals surface area contributed by atoms with Crippen LogP contribution < -0.4 is 16.0 Å². The predicted molar refractivity (Wildman–Crippen MR) is 73.4 cm³/mol. The first-order valence-electron chi connectivity index (χ1n) is 6.19. The SMILES string of the molecule is COc1cc(C(CCc2ccccc2)NN)ncn1. The van der Waals surface area contributed by atoms with Gasteiger partial charge in [0, 0.05) is 6.07 Å². The number of aryl methyl sites for hydroxylation is 1. The summed E-state index contributed by atoms with van der Waals surface area (Å²) in [6.07, 6.45) is 3.28. The van der Waals surface area contributed by atoms with Crippen LogP contribution in [0.15, 0.2) is 42.7 Å². The van der Waals surface area contributed by atoms with Gasteiger partial charge in [-0.05, 0) is 18.4 Å². The molecule has 100 valence electrons. The van der Waals surface area contributed by atoms with E-state index in [0.717, 1.165) is 18.5 Å². The summed E-state index contributed by atoms with van der Waals surface area (Å²) in [6, 6.07) is 12.1. The minimum absolute atomic E-state index is 0.0166. The molecule has 0 aliphatic carbocycles. The van der Waals surface area contributed by atoms with Crippen molar-refractivity contribution in [2.45, 2.75) is 18.9 Å². The molecule has 1 aromatic carbocycles. The van der Waals surface area contributed by atoms with Gasteiger partial charge in [0.2, 0.25) is 5.88 Å². The molecule has 1 unspecified atom stereocenters. The number of hydrogen-bond donors (Lipinski definition) is 2. The van der Waals surface area contributed by atoms with Gasteiger partial charge in [-0.15, -0.1) is 0 Å². The zero-order chi connectivity index (χ0) is 13.5. The third kappa shape index (κ3) is 3.74. The van der Waals surface area contributed by atoms with E-state index in [9.17, 15) is 0 Å². The maximum atomic E-state index is 5.61. The van der Waals surface area contributed by atoms with Crippen molar-refractivity contribution in [3.05, 3.63) is 54.0 Å². The lowest BCUT2D eigenvalue weighted by atomic mass is 10.0. The topological polar surface area (TPSA) is 73.1 Å². The molecule has 5 nitrogen and oxygen atoms in total. The van der Waals surface area contributed by atoms with Crippen LogP contribution in [0, 0.1) is 0 Å². The molecule has 3 N–H and O–H groups in total. The van der Waals surface area contributed by atoms with Gasteiger partial charge in [-0.3, -0.25) is 11.3 Å². The molecule has 0 aliphatic rings. The largest absolute Gasteiger partial charge is 0.481 e. The van der Waals surface area contributed by atoms with Crippen molar-refractivity contribution in [3.63, 3.8) is 0 Å². The van der Waals surface area contributed by atoms with Gasteiger partial charge < -0.3 is 4.74 Å². The quantitative estimate of drug-likeness (QED) is 0.608. The summed E-state index contributed by atoms with van der Waals surface area (Å²) in [4.78, 5) is 8.23. The predicted octanol–water partition coefficient (Wildman–Crippen LogP) is 1.62. The molecule has 0 aliphatic heterocycles. The third-order valence-corrected chi connectivity index (χ3v) is 2.99. The zero-order valence-corrected chi connectivity index (χ0v) is 10.9. The molecule has 5 heteroatoms. The smallest absolute Gasteiger partial charge is 0.216 e. The molecule has 0 amide bonds. The summed E-state index contributed by atoms with van der Waals surface area (Å²) in [6.45, 7) is 0. The Morgan fingerprint density at radius 1 is 1.26 bits per heavy atom. The zero-order valence-electron chi connectivity index (χ0n) is 10.9. The molecule has 0 spiro atoms. The highest BCUT2D eigenvalue weighted by Crippen LogP contribution is 2.18. The van der Waals surface area contributed by atoms with Crippen LogP contribution in [0.2, 0.25) is 0 Å². The molecule has 1 aromatic heterocycles. The van der Waals surface area contributed by atoms with Gasteiger partial charge in [-0.1, -0.05) is 30.3 Å². The number of ether oxygens (including phenoxy) is 1. The first-order chi connectivity index (χ1) is 9.33. The number of nitrogens with zero attached hydrogens (tertiary/aromatic N) is 2. The van der Waals surface area contributed by atoms with Crippen molar-refractivity contribution in [2.24, 2.45) is 5.84 Å². The van der Waals surface area contributed by atoms with Crippen molar-refractivity contribution in [2.75, 3.05) is 7.11 Å². The summed E-state index contributed by atoms with van der Waals surface area (Å²) >= 11 is 0. The second-order valence-electron chi connectivity index (χ2n) is 4.23. The number of benzene rings is 1. The maximum Gasteiger partial charge on any atom is 0.216 e. The molecule has 0 saturated heterocycles. The van der Waals surface area contributed by atoms with E-state index in [1.165, 1.54) is 11.9 Å². The first kappa shape index (κ1) is 13.5. The summed E-state index contributed by atoms with van der Waals surface area (Å²) in [5.74, 6) is 6.16. The van der Waals surface area contributed by atoms with Crippen molar-refractivity contribution < 1.29 is 4.74 Å². The molecule has 2 rings (SSSR count). The van der Waals surface area contributed by atoms with E-state index in [2.05, 4.69) is 27.5 Å². The van der Waals surface area contributed by atoms with Gasteiger partial charge in [-0.25, -0.2) is 9.97 Å². The van der Waals surface area contributed by atoms with Gasteiger partial charge in [0.25, 0.3) is 0 Å². The van der Waals surface area contributed by atoms with E-state index in [4.69, 9.17) is 10.6 Å². The Labute approximate surface area is 112 Å². The second-order valence-corrected chi connectivity index (χ2v) is 4.23. The lowest BCUT2D eigenvalue weighted by Gasteiger charge is -2.15. The molecular weight excluding hydrogens is 240 g/mol. The van der Waals surface area contributed by atoms with Crippen LogP contribution in [0.4, 0.5) is 0 Å². The Balaban J connectivity index is 2.03. The Hall–Kier alpha value is -1.98. The first-order valence-corrected chi connectivity index (χ1v) is 6.19. The van der Waals surface area contributed by atoms with Crippen LogP contribution in [0.1, 0.15) is 23.7 Å². The standard InChI is InChI=1S/C14H18N4O/c1-19-14-9-13(16-10-17-14)12(18-15)8-7-11-5-3-2-4-6-11/h2-6,9-10,12,18H,7-8,15H2,1H3. The van der Waals surface area contributed by atoms with Crippen molar-refractivity contribution >= 4 is 0 Å². The molecule has 1 heterocycles. The minimum atomic E-state index is -0.0166. The van der Waals surface area contributed by atoms with E-state index in [1.807, 2.05) is 18.2 Å². The Morgan fingerprint density at radius 3 is 2.74 bits per heavy atom. The molecule has 0 bridgehead atoms. The van der Waals surface area contributed by atoms with Crippen molar-refractivity contribution in [1.82, 2.24) is 15.4 Å². The second kappa shape index (κ2) is 6.82. The molecule has 0 radical (unpaired) electrons. The Bertz CT molecular complexity index is 504. The number of hydrogen-bond acceptors (Lipinski definition) is 5. The van der Waals surface area contributed by atoms with E-state index in [0.29, 0.717) is 5.88 Å². The van der Waals surface area contributed by atoms with Gasteiger partial charge in [0.15, 0.2) is 0 Å². The average Bonchev–Trinajstić information content (AvgIpc) is 2.49. The number of hydrazine groups is 1. The van der Waals surface area contributed by atoms with E-state index in [-0.39, 0.29) is 6.04 Å². The molecule has 1 atom stereocenters. The maximum absolute atomic E-state index is 5.61. The summed E-state index contributed by atoms with van der Waals surface area (Å²) in [5.41, 5.74) is 4.91.